The molecule has 0 radical (unpaired) electrons. The standard InChI is InChI=1S/C28H37ClN2O4/c1-5-34-27(33)31-25-14-13-21-12-11-19(9-7-15-30-26(32)35-28(2,3)4)17-23(21)24(25)18-20-8-6-10-22(29)16-20/h6,8,10-12,16-17,24-25H,5,7,9,13-15,18H2,1-4H3,(H,30,32)(H,31,33). The largest absolute Gasteiger partial charge is 0.450 e. The van der Waals surface area contributed by atoms with E-state index in [1.165, 1.54) is 16.7 Å². The van der Waals surface area contributed by atoms with Gasteiger partial charge in [-0.25, -0.2) is 9.59 Å². The molecule has 0 heterocycles. The minimum Gasteiger partial charge on any atom is -0.450 e. The predicted octanol–water partition coefficient (Wildman–Crippen LogP) is 6.18. The second-order valence-corrected chi connectivity index (χ2v) is 10.5. The first-order valence-corrected chi connectivity index (χ1v) is 12.8. The van der Waals surface area contributed by atoms with Gasteiger partial charge in [0.1, 0.15) is 5.60 Å². The zero-order valence-corrected chi connectivity index (χ0v) is 21.9. The fourth-order valence-corrected chi connectivity index (χ4v) is 4.78. The summed E-state index contributed by atoms with van der Waals surface area (Å²) in [6, 6.07) is 14.5. The van der Waals surface area contributed by atoms with Crippen molar-refractivity contribution in [3.05, 3.63) is 69.7 Å². The van der Waals surface area contributed by atoms with Crippen molar-refractivity contribution in [1.29, 1.82) is 0 Å². The zero-order valence-electron chi connectivity index (χ0n) is 21.2. The number of hydrogen-bond donors (Lipinski definition) is 2. The van der Waals surface area contributed by atoms with Crippen LogP contribution in [-0.2, 0) is 28.7 Å². The zero-order chi connectivity index (χ0) is 25.4. The Kier molecular flexibility index (Phi) is 9.44. The van der Waals surface area contributed by atoms with E-state index in [4.69, 9.17) is 21.1 Å². The molecule has 0 spiro atoms. The summed E-state index contributed by atoms with van der Waals surface area (Å²) >= 11 is 6.25. The highest BCUT2D eigenvalue weighted by atomic mass is 35.5. The minimum atomic E-state index is -0.505. The molecule has 0 bridgehead atoms. The van der Waals surface area contributed by atoms with Crippen LogP contribution in [0.4, 0.5) is 9.59 Å². The molecule has 0 aromatic heterocycles. The summed E-state index contributed by atoms with van der Waals surface area (Å²) in [5.41, 5.74) is 4.42. The highest BCUT2D eigenvalue weighted by Gasteiger charge is 2.31. The maximum Gasteiger partial charge on any atom is 0.407 e. The van der Waals surface area contributed by atoms with Crippen molar-refractivity contribution in [1.82, 2.24) is 10.6 Å². The van der Waals surface area contributed by atoms with Gasteiger partial charge in [-0.2, -0.15) is 0 Å². The summed E-state index contributed by atoms with van der Waals surface area (Å²) in [5, 5.41) is 6.62. The van der Waals surface area contributed by atoms with Gasteiger partial charge in [0.25, 0.3) is 0 Å². The lowest BCUT2D eigenvalue weighted by atomic mass is 9.75. The molecule has 35 heavy (non-hydrogen) atoms. The van der Waals surface area contributed by atoms with Crippen LogP contribution in [0.25, 0.3) is 0 Å². The Bertz CT molecular complexity index is 1020. The van der Waals surface area contributed by atoms with Gasteiger partial charge in [0, 0.05) is 23.5 Å². The monoisotopic (exact) mass is 500 g/mol. The third-order valence-electron chi connectivity index (χ3n) is 6.05. The lowest BCUT2D eigenvalue weighted by Gasteiger charge is -2.34. The fraction of sp³-hybridized carbons (Fsp3) is 0.500. The Labute approximate surface area is 213 Å². The van der Waals surface area contributed by atoms with Crippen LogP contribution in [-0.4, -0.2) is 37.0 Å². The van der Waals surface area contributed by atoms with Gasteiger partial charge in [0.2, 0.25) is 0 Å². The van der Waals surface area contributed by atoms with Crippen LogP contribution in [0.5, 0.6) is 0 Å². The van der Waals surface area contributed by atoms with E-state index >= 15 is 0 Å². The molecule has 7 heteroatoms. The second-order valence-electron chi connectivity index (χ2n) is 10.0. The van der Waals surface area contributed by atoms with Gasteiger partial charge in [-0.05, 0) is 94.2 Å². The Morgan fingerprint density at radius 1 is 1.09 bits per heavy atom. The van der Waals surface area contributed by atoms with E-state index in [2.05, 4.69) is 34.9 Å². The third kappa shape index (κ3) is 8.46. The molecule has 0 saturated heterocycles. The topological polar surface area (TPSA) is 76.7 Å². The number of carbonyl (C=O) groups is 2. The number of carbonyl (C=O) groups excluding carboxylic acids is 2. The highest BCUT2D eigenvalue weighted by molar-refractivity contribution is 6.30. The summed E-state index contributed by atoms with van der Waals surface area (Å²) in [7, 11) is 0. The van der Waals surface area contributed by atoms with Crippen LogP contribution in [0.2, 0.25) is 5.02 Å². The molecule has 0 saturated carbocycles. The number of alkyl carbamates (subject to hydrolysis) is 2. The number of ether oxygens (including phenoxy) is 2. The summed E-state index contributed by atoms with van der Waals surface area (Å²) in [5.74, 6) is 0.112. The van der Waals surface area contributed by atoms with E-state index in [1.54, 1.807) is 0 Å². The lowest BCUT2D eigenvalue weighted by Crippen LogP contribution is -2.43. The van der Waals surface area contributed by atoms with Crippen LogP contribution in [0, 0.1) is 0 Å². The Balaban J connectivity index is 1.73. The van der Waals surface area contributed by atoms with E-state index in [1.807, 2.05) is 45.9 Å². The van der Waals surface area contributed by atoms with Gasteiger partial charge >= 0.3 is 12.2 Å². The molecular weight excluding hydrogens is 464 g/mol. The van der Waals surface area contributed by atoms with Gasteiger partial charge in [-0.1, -0.05) is 41.9 Å². The average Bonchev–Trinajstić information content (AvgIpc) is 2.77. The van der Waals surface area contributed by atoms with Crippen LogP contribution < -0.4 is 10.6 Å². The molecule has 2 amide bonds. The van der Waals surface area contributed by atoms with Crippen LogP contribution in [0.15, 0.2) is 42.5 Å². The smallest absolute Gasteiger partial charge is 0.407 e. The summed E-state index contributed by atoms with van der Waals surface area (Å²) in [6.45, 7) is 8.25. The molecular formula is C28H37ClN2O4. The normalized spacial score (nSPS) is 17.3. The SMILES string of the molecule is CCOC(=O)NC1CCc2ccc(CCCNC(=O)OC(C)(C)C)cc2C1Cc1cccc(Cl)c1. The van der Waals surface area contributed by atoms with E-state index in [9.17, 15) is 9.59 Å². The fourth-order valence-electron chi connectivity index (χ4n) is 4.57. The number of aryl methyl sites for hydroxylation is 2. The second kappa shape index (κ2) is 12.3. The van der Waals surface area contributed by atoms with Gasteiger partial charge in [-0.3, -0.25) is 0 Å². The molecule has 2 unspecified atom stereocenters. The predicted molar refractivity (Wildman–Crippen MR) is 139 cm³/mol. The lowest BCUT2D eigenvalue weighted by molar-refractivity contribution is 0.0527. The molecule has 2 N–H and O–H groups in total. The first-order chi connectivity index (χ1) is 16.6. The Morgan fingerprint density at radius 3 is 2.60 bits per heavy atom. The molecule has 1 aliphatic carbocycles. The first-order valence-electron chi connectivity index (χ1n) is 12.4. The van der Waals surface area contributed by atoms with Gasteiger partial charge in [-0.15, -0.1) is 0 Å². The molecule has 3 rings (SSSR count). The minimum absolute atomic E-state index is 0.0235. The number of nitrogens with one attached hydrogen (secondary N) is 2. The third-order valence-corrected chi connectivity index (χ3v) is 6.29. The van der Waals surface area contributed by atoms with Crippen LogP contribution >= 0.6 is 11.6 Å². The molecule has 6 nitrogen and oxygen atoms in total. The molecule has 2 atom stereocenters. The summed E-state index contributed by atoms with van der Waals surface area (Å²) in [6.07, 6.45) is 3.41. The number of benzene rings is 2. The molecule has 2 aromatic rings. The molecule has 2 aromatic carbocycles. The van der Waals surface area contributed by atoms with E-state index in [-0.39, 0.29) is 18.1 Å². The van der Waals surface area contributed by atoms with Gasteiger partial charge < -0.3 is 20.1 Å². The van der Waals surface area contributed by atoms with Crippen molar-refractivity contribution in [2.24, 2.45) is 0 Å². The average molecular weight is 501 g/mol. The van der Waals surface area contributed by atoms with E-state index in [0.29, 0.717) is 18.2 Å². The maximum absolute atomic E-state index is 12.3. The van der Waals surface area contributed by atoms with Crippen molar-refractivity contribution in [3.63, 3.8) is 0 Å². The van der Waals surface area contributed by atoms with Crippen molar-refractivity contribution >= 4 is 23.8 Å². The van der Waals surface area contributed by atoms with Gasteiger partial charge in [0.05, 0.1) is 6.61 Å². The van der Waals surface area contributed by atoms with Crippen molar-refractivity contribution in [2.45, 2.75) is 77.4 Å². The van der Waals surface area contributed by atoms with Crippen LogP contribution in [0.3, 0.4) is 0 Å². The Hall–Kier alpha value is -2.73. The van der Waals surface area contributed by atoms with E-state index in [0.717, 1.165) is 37.7 Å². The van der Waals surface area contributed by atoms with Crippen molar-refractivity contribution in [2.75, 3.05) is 13.2 Å². The molecule has 0 fully saturated rings. The quantitative estimate of drug-likeness (QED) is 0.424. The number of rotatable bonds is 8. The highest BCUT2D eigenvalue weighted by Crippen LogP contribution is 2.36. The summed E-state index contributed by atoms with van der Waals surface area (Å²) in [4.78, 5) is 24.1. The molecule has 0 aliphatic heterocycles. The number of amides is 2. The van der Waals surface area contributed by atoms with Gasteiger partial charge in [0.15, 0.2) is 0 Å². The molecule has 190 valence electrons. The summed E-state index contributed by atoms with van der Waals surface area (Å²) < 4.78 is 10.5. The van der Waals surface area contributed by atoms with Crippen molar-refractivity contribution < 1.29 is 19.1 Å². The Morgan fingerprint density at radius 2 is 1.89 bits per heavy atom. The maximum atomic E-state index is 12.3. The number of fused-ring (bicyclic) bond motifs is 1. The number of hydrogen-bond acceptors (Lipinski definition) is 4. The van der Waals surface area contributed by atoms with Crippen molar-refractivity contribution in [3.8, 4) is 0 Å². The number of halogens is 1. The van der Waals surface area contributed by atoms with Crippen LogP contribution in [0.1, 0.15) is 68.7 Å². The molecule has 1 aliphatic rings. The first kappa shape index (κ1) is 26.9. The van der Waals surface area contributed by atoms with E-state index < -0.39 is 11.7 Å².